The fraction of sp³-hybridized carbons (Fsp3) is 0.231. The molecule has 0 saturated heterocycles. The zero-order valence-electron chi connectivity index (χ0n) is 10.3. The number of fused-ring (bicyclic) bond motifs is 1. The van der Waals surface area contributed by atoms with Crippen LogP contribution in [0.3, 0.4) is 0 Å². The van der Waals surface area contributed by atoms with E-state index in [-0.39, 0.29) is 5.92 Å². The van der Waals surface area contributed by atoms with Gasteiger partial charge in [0.15, 0.2) is 5.82 Å². The lowest BCUT2D eigenvalue weighted by Crippen LogP contribution is -2.05. The van der Waals surface area contributed by atoms with Crippen molar-refractivity contribution < 1.29 is 0 Å². The number of anilines is 1. The van der Waals surface area contributed by atoms with Crippen LogP contribution in [0.25, 0.3) is 15.8 Å². The van der Waals surface area contributed by atoms with Crippen molar-refractivity contribution in [1.29, 1.82) is 0 Å². The molecule has 0 bridgehead atoms. The van der Waals surface area contributed by atoms with E-state index in [1.807, 2.05) is 4.68 Å². The molecule has 92 valence electrons. The van der Waals surface area contributed by atoms with Gasteiger partial charge < -0.3 is 5.73 Å². The standard InChI is InChI=1S/C13H14N4S/c1-8(2)12-13(14)15-16-17(12)10-3-4-11-9(7-10)5-6-18-11/h3-8H,14H2,1-2H3. The highest BCUT2D eigenvalue weighted by atomic mass is 32.1. The molecule has 0 fully saturated rings. The van der Waals surface area contributed by atoms with Gasteiger partial charge in [-0.15, -0.1) is 16.4 Å². The van der Waals surface area contributed by atoms with E-state index in [2.05, 4.69) is 53.8 Å². The summed E-state index contributed by atoms with van der Waals surface area (Å²) in [5.41, 5.74) is 7.85. The summed E-state index contributed by atoms with van der Waals surface area (Å²) in [5.74, 6) is 0.800. The fourth-order valence-corrected chi connectivity index (χ4v) is 2.89. The smallest absolute Gasteiger partial charge is 0.169 e. The van der Waals surface area contributed by atoms with Crippen LogP contribution >= 0.6 is 11.3 Å². The van der Waals surface area contributed by atoms with Gasteiger partial charge in [0.25, 0.3) is 0 Å². The van der Waals surface area contributed by atoms with Crippen LogP contribution in [0, 0.1) is 0 Å². The van der Waals surface area contributed by atoms with Crippen molar-refractivity contribution in [3.8, 4) is 5.69 Å². The first kappa shape index (κ1) is 11.2. The van der Waals surface area contributed by atoms with Crippen LogP contribution < -0.4 is 5.73 Å². The van der Waals surface area contributed by atoms with E-state index in [9.17, 15) is 0 Å². The maximum Gasteiger partial charge on any atom is 0.169 e. The van der Waals surface area contributed by atoms with Crippen molar-refractivity contribution in [3.63, 3.8) is 0 Å². The Hall–Kier alpha value is -1.88. The van der Waals surface area contributed by atoms with E-state index in [0.29, 0.717) is 5.82 Å². The fourth-order valence-electron chi connectivity index (χ4n) is 2.12. The number of hydrogen-bond acceptors (Lipinski definition) is 4. The molecule has 1 aromatic carbocycles. The Morgan fingerprint density at radius 3 is 2.89 bits per heavy atom. The Balaban J connectivity index is 2.19. The molecule has 0 amide bonds. The van der Waals surface area contributed by atoms with E-state index in [4.69, 9.17) is 5.73 Å². The molecule has 0 aliphatic heterocycles. The van der Waals surface area contributed by atoms with Gasteiger partial charge in [0.05, 0.1) is 11.4 Å². The van der Waals surface area contributed by atoms with Gasteiger partial charge in [-0.1, -0.05) is 19.1 Å². The summed E-state index contributed by atoms with van der Waals surface area (Å²) in [6.45, 7) is 4.18. The van der Waals surface area contributed by atoms with Gasteiger partial charge in [0, 0.05) is 4.70 Å². The van der Waals surface area contributed by atoms with E-state index < -0.39 is 0 Å². The minimum absolute atomic E-state index is 0.290. The second-order valence-electron chi connectivity index (χ2n) is 4.57. The van der Waals surface area contributed by atoms with E-state index in [1.165, 1.54) is 10.1 Å². The molecule has 5 heteroatoms. The zero-order chi connectivity index (χ0) is 12.7. The van der Waals surface area contributed by atoms with Crippen molar-refractivity contribution in [2.24, 2.45) is 0 Å². The topological polar surface area (TPSA) is 56.7 Å². The van der Waals surface area contributed by atoms with Crippen LogP contribution in [0.1, 0.15) is 25.5 Å². The third-order valence-corrected chi connectivity index (χ3v) is 3.86. The van der Waals surface area contributed by atoms with Gasteiger partial charge in [0.1, 0.15) is 0 Å². The average molecular weight is 258 g/mol. The second kappa shape index (κ2) is 4.10. The van der Waals surface area contributed by atoms with Gasteiger partial charge in [-0.25, -0.2) is 4.68 Å². The maximum absolute atomic E-state index is 5.88. The van der Waals surface area contributed by atoms with Crippen molar-refractivity contribution in [2.45, 2.75) is 19.8 Å². The molecule has 0 aliphatic carbocycles. The Morgan fingerprint density at radius 1 is 1.28 bits per heavy atom. The van der Waals surface area contributed by atoms with Crippen molar-refractivity contribution in [1.82, 2.24) is 15.0 Å². The Labute approximate surface area is 109 Å². The van der Waals surface area contributed by atoms with Gasteiger partial charge in [0.2, 0.25) is 0 Å². The molecule has 0 radical (unpaired) electrons. The third kappa shape index (κ3) is 1.67. The van der Waals surface area contributed by atoms with Crippen LogP contribution in [0.2, 0.25) is 0 Å². The van der Waals surface area contributed by atoms with Crippen molar-refractivity contribution in [2.75, 3.05) is 5.73 Å². The largest absolute Gasteiger partial charge is 0.381 e. The molecule has 2 N–H and O–H groups in total. The highest BCUT2D eigenvalue weighted by molar-refractivity contribution is 7.17. The molecule has 0 aliphatic rings. The molecule has 0 spiro atoms. The Bertz CT molecular complexity index is 696. The van der Waals surface area contributed by atoms with Gasteiger partial charge >= 0.3 is 0 Å². The summed E-state index contributed by atoms with van der Waals surface area (Å²) in [6.07, 6.45) is 0. The molecule has 3 aromatic rings. The molecule has 18 heavy (non-hydrogen) atoms. The predicted octanol–water partition coefficient (Wildman–Crippen LogP) is 3.19. The van der Waals surface area contributed by atoms with Crippen molar-refractivity contribution in [3.05, 3.63) is 35.3 Å². The lowest BCUT2D eigenvalue weighted by molar-refractivity contribution is 0.716. The molecule has 2 heterocycles. The summed E-state index contributed by atoms with van der Waals surface area (Å²) in [7, 11) is 0. The van der Waals surface area contributed by atoms with Crippen LogP contribution in [0.4, 0.5) is 5.82 Å². The minimum atomic E-state index is 0.290. The number of nitrogen functional groups attached to an aromatic ring is 1. The SMILES string of the molecule is CC(C)c1c(N)nnn1-c1ccc2sccc2c1. The lowest BCUT2D eigenvalue weighted by Gasteiger charge is -2.09. The number of rotatable bonds is 2. The van der Waals surface area contributed by atoms with Crippen LogP contribution in [-0.4, -0.2) is 15.0 Å². The summed E-state index contributed by atoms with van der Waals surface area (Å²) >= 11 is 1.74. The molecule has 4 nitrogen and oxygen atoms in total. The number of benzene rings is 1. The molecule has 0 unspecified atom stereocenters. The van der Waals surface area contributed by atoms with E-state index >= 15 is 0 Å². The predicted molar refractivity (Wildman–Crippen MR) is 75.2 cm³/mol. The second-order valence-corrected chi connectivity index (χ2v) is 5.52. The monoisotopic (exact) mass is 258 g/mol. The van der Waals surface area contributed by atoms with E-state index in [1.54, 1.807) is 11.3 Å². The molecular formula is C13H14N4S. The maximum atomic E-state index is 5.88. The number of hydrogen-bond donors (Lipinski definition) is 1. The Morgan fingerprint density at radius 2 is 2.11 bits per heavy atom. The molecule has 3 rings (SSSR count). The lowest BCUT2D eigenvalue weighted by atomic mass is 10.1. The minimum Gasteiger partial charge on any atom is -0.381 e. The summed E-state index contributed by atoms with van der Waals surface area (Å²) in [4.78, 5) is 0. The third-order valence-electron chi connectivity index (χ3n) is 2.96. The van der Waals surface area contributed by atoms with Gasteiger partial charge in [-0.05, 0) is 40.9 Å². The zero-order valence-corrected chi connectivity index (χ0v) is 11.1. The first-order valence-corrected chi connectivity index (χ1v) is 6.73. The number of thiophene rings is 1. The molecule has 0 atom stereocenters. The first-order valence-electron chi connectivity index (χ1n) is 5.85. The number of nitrogens with zero attached hydrogens (tertiary/aromatic N) is 3. The number of aromatic nitrogens is 3. The first-order chi connectivity index (χ1) is 8.66. The molecular weight excluding hydrogens is 244 g/mol. The van der Waals surface area contributed by atoms with Crippen LogP contribution in [0.5, 0.6) is 0 Å². The molecule has 0 saturated carbocycles. The summed E-state index contributed by atoms with van der Waals surface area (Å²) in [6, 6.07) is 8.39. The quantitative estimate of drug-likeness (QED) is 0.768. The normalized spacial score (nSPS) is 11.5. The van der Waals surface area contributed by atoms with E-state index in [0.717, 1.165) is 11.4 Å². The number of nitrogens with two attached hydrogens (primary N) is 1. The average Bonchev–Trinajstić information content (AvgIpc) is 2.93. The van der Waals surface area contributed by atoms with Gasteiger partial charge in [-0.2, -0.15) is 0 Å². The summed E-state index contributed by atoms with van der Waals surface area (Å²) in [5, 5.41) is 11.4. The van der Waals surface area contributed by atoms with Crippen LogP contribution in [0.15, 0.2) is 29.6 Å². The Kier molecular flexibility index (Phi) is 2.56. The van der Waals surface area contributed by atoms with Crippen LogP contribution in [-0.2, 0) is 0 Å². The molecule has 2 aromatic heterocycles. The highest BCUT2D eigenvalue weighted by Gasteiger charge is 2.15. The van der Waals surface area contributed by atoms with Crippen molar-refractivity contribution >= 4 is 27.2 Å². The summed E-state index contributed by atoms with van der Waals surface area (Å²) < 4.78 is 3.11. The van der Waals surface area contributed by atoms with Gasteiger partial charge in [-0.3, -0.25) is 0 Å². The highest BCUT2D eigenvalue weighted by Crippen LogP contribution is 2.27.